The van der Waals surface area contributed by atoms with E-state index in [4.69, 9.17) is 10.3 Å². The number of nitrogens with zero attached hydrogens (tertiary/aromatic N) is 3. The Balaban J connectivity index is 2.17. The predicted molar refractivity (Wildman–Crippen MR) is 80.2 cm³/mol. The number of rotatable bonds is 6. The second-order valence-corrected chi connectivity index (χ2v) is 4.23. The van der Waals surface area contributed by atoms with Crippen LogP contribution in [-0.2, 0) is 13.2 Å². The molecule has 0 fully saturated rings. The first-order chi connectivity index (χ1) is 9.83. The van der Waals surface area contributed by atoms with Crippen LogP contribution in [0.5, 0.6) is 5.75 Å². The largest absolute Gasteiger partial charge is 0.489 e. The van der Waals surface area contributed by atoms with Gasteiger partial charge in [-0.2, -0.15) is 0 Å². The van der Waals surface area contributed by atoms with Crippen LogP contribution >= 0.6 is 0 Å². The van der Waals surface area contributed by atoms with Crippen molar-refractivity contribution in [2.45, 2.75) is 13.2 Å². The summed E-state index contributed by atoms with van der Waals surface area (Å²) in [7, 11) is 0. The minimum absolute atomic E-state index is 0.266. The summed E-state index contributed by atoms with van der Waals surface area (Å²) in [6, 6.07) is 15.6. The Bertz CT molecular complexity index is 631. The Hall–Kier alpha value is -2.71. The fourth-order valence-corrected chi connectivity index (χ4v) is 1.83. The second-order valence-electron chi connectivity index (χ2n) is 4.23. The van der Waals surface area contributed by atoms with E-state index in [1.54, 1.807) is 6.08 Å². The van der Waals surface area contributed by atoms with Gasteiger partial charge >= 0.3 is 0 Å². The number of azide groups is 1. The molecule has 0 aliphatic carbocycles. The highest BCUT2D eigenvalue weighted by molar-refractivity contribution is 5.51. The van der Waals surface area contributed by atoms with Crippen molar-refractivity contribution < 1.29 is 4.74 Å². The van der Waals surface area contributed by atoms with E-state index in [-0.39, 0.29) is 6.54 Å². The smallest absolute Gasteiger partial charge is 0.123 e. The van der Waals surface area contributed by atoms with Gasteiger partial charge < -0.3 is 4.74 Å². The molecule has 0 N–H and O–H groups in total. The molecule has 0 amide bonds. The van der Waals surface area contributed by atoms with E-state index in [1.165, 1.54) is 0 Å². The maximum absolute atomic E-state index is 8.45. The van der Waals surface area contributed by atoms with Crippen molar-refractivity contribution in [2.24, 2.45) is 5.11 Å². The molecule has 0 saturated heterocycles. The van der Waals surface area contributed by atoms with Gasteiger partial charge in [0.25, 0.3) is 0 Å². The van der Waals surface area contributed by atoms with E-state index in [1.807, 2.05) is 48.5 Å². The Morgan fingerprint density at radius 1 is 1.20 bits per heavy atom. The molecule has 0 aliphatic rings. The fourth-order valence-electron chi connectivity index (χ4n) is 1.83. The van der Waals surface area contributed by atoms with Crippen molar-refractivity contribution in [3.63, 3.8) is 0 Å². The average Bonchev–Trinajstić information content (AvgIpc) is 2.52. The number of benzene rings is 2. The third-order valence-corrected chi connectivity index (χ3v) is 2.86. The van der Waals surface area contributed by atoms with Crippen molar-refractivity contribution in [3.8, 4) is 5.75 Å². The molecule has 0 heterocycles. The van der Waals surface area contributed by atoms with Gasteiger partial charge in [-0.3, -0.25) is 0 Å². The van der Waals surface area contributed by atoms with Crippen LogP contribution in [0.15, 0.2) is 60.2 Å². The molecule has 2 rings (SSSR count). The Morgan fingerprint density at radius 2 is 2.00 bits per heavy atom. The lowest BCUT2D eigenvalue weighted by molar-refractivity contribution is 0.303. The van der Waals surface area contributed by atoms with Gasteiger partial charge in [-0.15, -0.1) is 0 Å². The normalized spacial score (nSPS) is 9.60. The zero-order valence-electron chi connectivity index (χ0n) is 11.1. The van der Waals surface area contributed by atoms with E-state index in [2.05, 4.69) is 16.6 Å². The zero-order valence-corrected chi connectivity index (χ0v) is 11.1. The van der Waals surface area contributed by atoms with Gasteiger partial charge in [0.1, 0.15) is 12.4 Å². The Kier molecular flexibility index (Phi) is 4.81. The molecule has 2 aromatic carbocycles. The summed E-state index contributed by atoms with van der Waals surface area (Å²) in [5.41, 5.74) is 11.4. The van der Waals surface area contributed by atoms with Gasteiger partial charge in [0.15, 0.2) is 0 Å². The summed E-state index contributed by atoms with van der Waals surface area (Å²) in [5, 5.41) is 3.60. The van der Waals surface area contributed by atoms with Crippen molar-refractivity contribution in [1.29, 1.82) is 0 Å². The van der Waals surface area contributed by atoms with E-state index in [0.29, 0.717) is 6.61 Å². The summed E-state index contributed by atoms with van der Waals surface area (Å²) in [5.74, 6) is 0.729. The maximum atomic E-state index is 8.45. The molecule has 4 heteroatoms. The van der Waals surface area contributed by atoms with Crippen molar-refractivity contribution in [1.82, 2.24) is 0 Å². The van der Waals surface area contributed by atoms with Gasteiger partial charge in [-0.1, -0.05) is 54.2 Å². The molecule has 0 spiro atoms. The lowest BCUT2D eigenvalue weighted by atomic mass is 10.1. The van der Waals surface area contributed by atoms with Crippen LogP contribution in [0.1, 0.15) is 16.7 Å². The van der Waals surface area contributed by atoms with Gasteiger partial charge in [-0.25, -0.2) is 0 Å². The molecule has 0 saturated carbocycles. The zero-order chi connectivity index (χ0) is 14.2. The Morgan fingerprint density at radius 3 is 2.70 bits per heavy atom. The molecule has 0 atom stereocenters. The minimum Gasteiger partial charge on any atom is -0.489 e. The van der Waals surface area contributed by atoms with E-state index >= 15 is 0 Å². The summed E-state index contributed by atoms with van der Waals surface area (Å²) in [6.45, 7) is 4.48. The van der Waals surface area contributed by atoms with Crippen LogP contribution in [0, 0.1) is 0 Å². The highest BCUT2D eigenvalue weighted by Gasteiger charge is 2.04. The van der Waals surface area contributed by atoms with Crippen LogP contribution in [-0.4, -0.2) is 0 Å². The van der Waals surface area contributed by atoms with Gasteiger partial charge in [-0.05, 0) is 28.8 Å². The quantitative estimate of drug-likeness (QED) is 0.423. The number of ether oxygens (including phenoxy) is 1. The summed E-state index contributed by atoms with van der Waals surface area (Å²) >= 11 is 0. The lowest BCUT2D eigenvalue weighted by Crippen LogP contribution is -1.98. The van der Waals surface area contributed by atoms with E-state index < -0.39 is 0 Å². The van der Waals surface area contributed by atoms with Crippen molar-refractivity contribution in [2.75, 3.05) is 0 Å². The number of hydrogen-bond donors (Lipinski definition) is 0. The Labute approximate surface area is 118 Å². The summed E-state index contributed by atoms with van der Waals surface area (Å²) in [4.78, 5) is 2.79. The number of hydrogen-bond acceptors (Lipinski definition) is 2. The topological polar surface area (TPSA) is 58.0 Å². The molecule has 0 unspecified atom stereocenters. The monoisotopic (exact) mass is 265 g/mol. The minimum atomic E-state index is 0.266. The summed E-state index contributed by atoms with van der Waals surface area (Å²) < 4.78 is 5.80. The predicted octanol–water partition coefficient (Wildman–Crippen LogP) is 4.72. The summed E-state index contributed by atoms with van der Waals surface area (Å²) in [6.07, 6.45) is 1.75. The van der Waals surface area contributed by atoms with Crippen molar-refractivity contribution in [3.05, 3.63) is 82.2 Å². The lowest BCUT2D eigenvalue weighted by Gasteiger charge is -2.11. The third-order valence-electron chi connectivity index (χ3n) is 2.86. The molecule has 2 aromatic rings. The van der Waals surface area contributed by atoms with E-state index in [0.717, 1.165) is 22.4 Å². The maximum Gasteiger partial charge on any atom is 0.123 e. The van der Waals surface area contributed by atoms with Gasteiger partial charge in [0.2, 0.25) is 0 Å². The highest BCUT2D eigenvalue weighted by atomic mass is 16.5. The first kappa shape index (κ1) is 13.7. The molecule has 100 valence electrons. The van der Waals surface area contributed by atoms with Crippen molar-refractivity contribution >= 4 is 6.08 Å². The molecule has 0 aliphatic heterocycles. The van der Waals surface area contributed by atoms with E-state index in [9.17, 15) is 0 Å². The molecule has 20 heavy (non-hydrogen) atoms. The standard InChI is InChI=1S/C16H15N3O/c1-2-13-8-9-16(15(10-13)11-18-19-17)20-12-14-6-4-3-5-7-14/h2-10H,1,11-12H2. The first-order valence-corrected chi connectivity index (χ1v) is 6.26. The van der Waals surface area contributed by atoms with Crippen LogP contribution in [0.3, 0.4) is 0 Å². The molecule has 0 bridgehead atoms. The van der Waals surface area contributed by atoms with Gasteiger partial charge in [0, 0.05) is 10.5 Å². The molecular weight excluding hydrogens is 250 g/mol. The second kappa shape index (κ2) is 7.02. The highest BCUT2D eigenvalue weighted by Crippen LogP contribution is 2.23. The SMILES string of the molecule is C=Cc1ccc(OCc2ccccc2)c(CN=[N+]=[N-])c1. The molecular formula is C16H15N3O. The van der Waals surface area contributed by atoms with Crippen LogP contribution < -0.4 is 4.74 Å². The molecule has 0 radical (unpaired) electrons. The van der Waals surface area contributed by atoms with Gasteiger partial charge in [0.05, 0.1) is 6.54 Å². The first-order valence-electron chi connectivity index (χ1n) is 6.26. The van der Waals surface area contributed by atoms with Crippen LogP contribution in [0.2, 0.25) is 0 Å². The fraction of sp³-hybridized carbons (Fsp3) is 0.125. The average molecular weight is 265 g/mol. The van der Waals surface area contributed by atoms with Crippen LogP contribution in [0.25, 0.3) is 16.5 Å². The molecule has 4 nitrogen and oxygen atoms in total. The van der Waals surface area contributed by atoms with Crippen LogP contribution in [0.4, 0.5) is 0 Å². The third kappa shape index (κ3) is 3.64. The molecule has 0 aromatic heterocycles.